The quantitative estimate of drug-likeness (QED) is 0.831. The van der Waals surface area contributed by atoms with E-state index in [0.717, 1.165) is 10.3 Å². The fourth-order valence-electron chi connectivity index (χ4n) is 1.48. The number of alkyl carbamates (subject to hydrolysis) is 1. The number of nitrogens with one attached hydrogen (secondary N) is 1. The number of aromatic nitrogens is 1. The molecule has 1 aromatic heterocycles. The van der Waals surface area contributed by atoms with Gasteiger partial charge in [0.05, 0.1) is 0 Å². The topological polar surface area (TPSA) is 77.2 Å². The number of hydrogen-bond donors (Lipinski definition) is 2. The van der Waals surface area contributed by atoms with Gasteiger partial charge in [0.25, 0.3) is 0 Å². The lowest BCUT2D eigenvalue weighted by Crippen LogP contribution is -2.36. The van der Waals surface area contributed by atoms with Crippen molar-refractivity contribution in [2.75, 3.05) is 13.1 Å². The van der Waals surface area contributed by atoms with Crippen molar-refractivity contribution in [3.63, 3.8) is 0 Å². The van der Waals surface area contributed by atoms with Gasteiger partial charge in [-0.25, -0.2) is 9.78 Å². The zero-order valence-electron chi connectivity index (χ0n) is 11.4. The maximum absolute atomic E-state index is 11.6. The molecule has 0 fully saturated rings. The minimum absolute atomic E-state index is 0.0370. The van der Waals surface area contributed by atoms with Crippen LogP contribution in [-0.4, -0.2) is 29.8 Å². The van der Waals surface area contributed by atoms with Crippen LogP contribution in [0.3, 0.4) is 0 Å². The molecule has 0 radical (unpaired) electrons. The second kappa shape index (κ2) is 6.86. The predicted molar refractivity (Wildman–Crippen MR) is 78.0 cm³/mol. The number of hydrogen-bond acceptors (Lipinski definition) is 4. The molecular weight excluding hydrogens is 310 g/mol. The van der Waals surface area contributed by atoms with Gasteiger partial charge in [-0.1, -0.05) is 6.07 Å². The van der Waals surface area contributed by atoms with Gasteiger partial charge in [0, 0.05) is 24.7 Å². The van der Waals surface area contributed by atoms with E-state index in [-0.39, 0.29) is 5.92 Å². The summed E-state index contributed by atoms with van der Waals surface area (Å²) in [6.07, 6.45) is -0.444. The number of halogens is 1. The van der Waals surface area contributed by atoms with Gasteiger partial charge in [0.15, 0.2) is 0 Å². The minimum Gasteiger partial charge on any atom is -0.444 e. The Bertz CT molecular complexity index is 432. The smallest absolute Gasteiger partial charge is 0.407 e. The number of pyridine rings is 1. The lowest BCUT2D eigenvalue weighted by atomic mass is 10.1. The standard InChI is InChI=1S/C13H20BrN3O2/c1-13(2,3)19-12(18)16-8-9(7-15)10-5-4-6-11(14)17-10/h4-6,9H,7-8,15H2,1-3H3,(H,16,18). The van der Waals surface area contributed by atoms with Gasteiger partial charge in [0.2, 0.25) is 0 Å². The van der Waals surface area contributed by atoms with Crippen LogP contribution >= 0.6 is 15.9 Å². The van der Waals surface area contributed by atoms with E-state index in [4.69, 9.17) is 10.5 Å². The number of carbonyl (C=O) groups excluding carboxylic acids is 1. The second-order valence-corrected chi connectivity index (χ2v) is 6.01. The molecule has 0 aromatic carbocycles. The van der Waals surface area contributed by atoms with Crippen LogP contribution in [0.5, 0.6) is 0 Å². The van der Waals surface area contributed by atoms with Crippen molar-refractivity contribution in [2.45, 2.75) is 32.3 Å². The number of carbonyl (C=O) groups is 1. The van der Waals surface area contributed by atoms with Crippen LogP contribution in [0.2, 0.25) is 0 Å². The number of ether oxygens (including phenoxy) is 1. The van der Waals surface area contributed by atoms with E-state index in [1.54, 1.807) is 0 Å². The van der Waals surface area contributed by atoms with E-state index in [1.807, 2.05) is 39.0 Å². The number of nitrogens with two attached hydrogens (primary N) is 1. The lowest BCUT2D eigenvalue weighted by Gasteiger charge is -2.21. The Morgan fingerprint density at radius 2 is 2.21 bits per heavy atom. The molecule has 0 spiro atoms. The number of nitrogens with zero attached hydrogens (tertiary/aromatic N) is 1. The Labute approximate surface area is 122 Å². The van der Waals surface area contributed by atoms with Crippen molar-refractivity contribution < 1.29 is 9.53 Å². The molecule has 1 atom stereocenters. The van der Waals surface area contributed by atoms with Crippen molar-refractivity contribution in [1.29, 1.82) is 0 Å². The number of amides is 1. The van der Waals surface area contributed by atoms with Crippen LogP contribution in [0, 0.1) is 0 Å². The Morgan fingerprint density at radius 3 is 2.74 bits per heavy atom. The van der Waals surface area contributed by atoms with Crippen molar-refractivity contribution in [1.82, 2.24) is 10.3 Å². The molecule has 0 aliphatic heterocycles. The van der Waals surface area contributed by atoms with Crippen LogP contribution in [-0.2, 0) is 4.74 Å². The highest BCUT2D eigenvalue weighted by Gasteiger charge is 2.18. The summed E-state index contributed by atoms with van der Waals surface area (Å²) in [7, 11) is 0. The first-order valence-electron chi connectivity index (χ1n) is 6.11. The summed E-state index contributed by atoms with van der Waals surface area (Å²) in [5.74, 6) is -0.0370. The number of rotatable bonds is 4. The fraction of sp³-hybridized carbons (Fsp3) is 0.538. The molecule has 6 heteroatoms. The molecule has 1 aromatic rings. The zero-order valence-corrected chi connectivity index (χ0v) is 13.0. The summed E-state index contributed by atoms with van der Waals surface area (Å²) in [6.45, 7) is 6.27. The van der Waals surface area contributed by atoms with E-state index in [0.29, 0.717) is 13.1 Å². The molecule has 19 heavy (non-hydrogen) atoms. The molecule has 0 saturated carbocycles. The maximum Gasteiger partial charge on any atom is 0.407 e. The SMILES string of the molecule is CC(C)(C)OC(=O)NCC(CN)c1cccc(Br)n1. The third-order valence-electron chi connectivity index (χ3n) is 2.33. The van der Waals surface area contributed by atoms with Crippen molar-refractivity contribution in [2.24, 2.45) is 5.73 Å². The summed E-state index contributed by atoms with van der Waals surface area (Å²) in [5.41, 5.74) is 6.06. The average molecular weight is 330 g/mol. The van der Waals surface area contributed by atoms with E-state index >= 15 is 0 Å². The summed E-state index contributed by atoms with van der Waals surface area (Å²) >= 11 is 3.32. The van der Waals surface area contributed by atoms with Gasteiger partial charge in [-0.05, 0) is 48.8 Å². The summed E-state index contributed by atoms with van der Waals surface area (Å²) in [6, 6.07) is 5.62. The maximum atomic E-state index is 11.6. The first-order chi connectivity index (χ1) is 8.81. The van der Waals surface area contributed by atoms with Gasteiger partial charge in [-0.15, -0.1) is 0 Å². The average Bonchev–Trinajstić information content (AvgIpc) is 2.27. The lowest BCUT2D eigenvalue weighted by molar-refractivity contribution is 0.0524. The van der Waals surface area contributed by atoms with E-state index < -0.39 is 11.7 Å². The van der Waals surface area contributed by atoms with Crippen LogP contribution in [0.4, 0.5) is 4.79 Å². The fourth-order valence-corrected chi connectivity index (χ4v) is 1.84. The van der Waals surface area contributed by atoms with Gasteiger partial charge >= 0.3 is 6.09 Å². The molecule has 0 aliphatic carbocycles. The Balaban J connectivity index is 2.56. The molecule has 0 saturated heterocycles. The van der Waals surface area contributed by atoms with Gasteiger partial charge in [-0.2, -0.15) is 0 Å². The second-order valence-electron chi connectivity index (χ2n) is 5.20. The Kier molecular flexibility index (Phi) is 5.75. The highest BCUT2D eigenvalue weighted by Crippen LogP contribution is 2.15. The van der Waals surface area contributed by atoms with Crippen LogP contribution in [0.1, 0.15) is 32.4 Å². The highest BCUT2D eigenvalue weighted by atomic mass is 79.9. The molecule has 3 N–H and O–H groups in total. The molecule has 106 valence electrons. The molecular formula is C13H20BrN3O2. The monoisotopic (exact) mass is 329 g/mol. The van der Waals surface area contributed by atoms with Gasteiger partial charge in [0.1, 0.15) is 10.2 Å². The summed E-state index contributed by atoms with van der Waals surface area (Å²) < 4.78 is 5.92. The third kappa shape index (κ3) is 6.02. The Morgan fingerprint density at radius 1 is 1.53 bits per heavy atom. The highest BCUT2D eigenvalue weighted by molar-refractivity contribution is 9.10. The van der Waals surface area contributed by atoms with Crippen molar-refractivity contribution in [3.05, 3.63) is 28.5 Å². The molecule has 1 heterocycles. The molecule has 0 bridgehead atoms. The largest absolute Gasteiger partial charge is 0.444 e. The normalized spacial score (nSPS) is 12.9. The third-order valence-corrected chi connectivity index (χ3v) is 2.77. The van der Waals surface area contributed by atoms with Gasteiger partial charge in [-0.3, -0.25) is 0 Å². The van der Waals surface area contributed by atoms with Crippen LogP contribution < -0.4 is 11.1 Å². The Hall–Kier alpha value is -1.14. The van der Waals surface area contributed by atoms with Crippen molar-refractivity contribution >= 4 is 22.0 Å². The van der Waals surface area contributed by atoms with E-state index in [2.05, 4.69) is 26.2 Å². The summed E-state index contributed by atoms with van der Waals surface area (Å²) in [4.78, 5) is 15.9. The minimum atomic E-state index is -0.504. The first-order valence-corrected chi connectivity index (χ1v) is 6.90. The predicted octanol–water partition coefficient (Wildman–Crippen LogP) is 2.41. The van der Waals surface area contributed by atoms with Crippen molar-refractivity contribution in [3.8, 4) is 0 Å². The zero-order chi connectivity index (χ0) is 14.5. The molecule has 0 aliphatic rings. The molecule has 1 rings (SSSR count). The van der Waals surface area contributed by atoms with Gasteiger partial charge < -0.3 is 15.8 Å². The summed E-state index contributed by atoms with van der Waals surface area (Å²) in [5, 5.41) is 2.71. The van der Waals surface area contributed by atoms with E-state index in [9.17, 15) is 4.79 Å². The molecule has 1 unspecified atom stereocenters. The van der Waals surface area contributed by atoms with Crippen LogP contribution in [0.15, 0.2) is 22.8 Å². The molecule has 5 nitrogen and oxygen atoms in total. The molecule has 1 amide bonds. The van der Waals surface area contributed by atoms with Crippen LogP contribution in [0.25, 0.3) is 0 Å². The first kappa shape index (κ1) is 15.9. The van der Waals surface area contributed by atoms with E-state index in [1.165, 1.54) is 0 Å².